The molecule has 0 aromatic carbocycles. The van der Waals surface area contributed by atoms with Gasteiger partial charge in [0.15, 0.2) is 6.10 Å². The van der Waals surface area contributed by atoms with E-state index in [0.29, 0.717) is 5.69 Å². The zero-order valence-electron chi connectivity index (χ0n) is 6.09. The van der Waals surface area contributed by atoms with Crippen molar-refractivity contribution in [2.24, 2.45) is 0 Å². The van der Waals surface area contributed by atoms with Gasteiger partial charge >= 0.3 is 5.38 Å². The smallest absolute Gasteiger partial charge is 0.352 e. The SMILES string of the molecule is Cc1cc(C(O)C(F)(F)Cl)sn1. The first-order chi connectivity index (χ1) is 5.41. The summed E-state index contributed by atoms with van der Waals surface area (Å²) in [6.07, 6.45) is -1.97. The molecule has 68 valence electrons. The van der Waals surface area contributed by atoms with E-state index in [1.165, 1.54) is 6.07 Å². The molecule has 1 N–H and O–H groups in total. The summed E-state index contributed by atoms with van der Waals surface area (Å²) in [5, 5.41) is 5.33. The molecule has 0 fully saturated rings. The van der Waals surface area contributed by atoms with Crippen LogP contribution in [0.5, 0.6) is 0 Å². The van der Waals surface area contributed by atoms with Crippen molar-refractivity contribution in [3.63, 3.8) is 0 Å². The van der Waals surface area contributed by atoms with Gasteiger partial charge in [-0.15, -0.1) is 0 Å². The van der Waals surface area contributed by atoms with E-state index in [4.69, 9.17) is 5.11 Å². The molecule has 0 saturated heterocycles. The third-order valence-electron chi connectivity index (χ3n) is 1.23. The van der Waals surface area contributed by atoms with Crippen molar-refractivity contribution >= 4 is 23.1 Å². The number of halogens is 3. The second-order valence-electron chi connectivity index (χ2n) is 2.31. The summed E-state index contributed by atoms with van der Waals surface area (Å²) in [6.45, 7) is 1.65. The van der Waals surface area contributed by atoms with Crippen LogP contribution in [-0.4, -0.2) is 14.9 Å². The molecule has 2 nitrogen and oxygen atoms in total. The van der Waals surface area contributed by atoms with Gasteiger partial charge in [-0.05, 0) is 36.1 Å². The van der Waals surface area contributed by atoms with Crippen LogP contribution in [0, 0.1) is 6.92 Å². The molecule has 1 rings (SSSR count). The van der Waals surface area contributed by atoms with E-state index in [1.807, 2.05) is 0 Å². The molecule has 0 bridgehead atoms. The van der Waals surface area contributed by atoms with E-state index in [2.05, 4.69) is 16.0 Å². The molecule has 0 aliphatic rings. The molecule has 0 radical (unpaired) electrons. The van der Waals surface area contributed by atoms with Crippen molar-refractivity contribution in [2.45, 2.75) is 18.4 Å². The first-order valence-corrected chi connectivity index (χ1v) is 4.24. The van der Waals surface area contributed by atoms with Crippen LogP contribution in [0.15, 0.2) is 6.07 Å². The van der Waals surface area contributed by atoms with Crippen LogP contribution in [0.2, 0.25) is 0 Å². The summed E-state index contributed by atoms with van der Waals surface area (Å²) in [5.74, 6) is 0. The minimum Gasteiger partial charge on any atom is -0.380 e. The average Bonchev–Trinajstić information content (AvgIpc) is 2.32. The number of aliphatic hydroxyl groups excluding tert-OH is 1. The largest absolute Gasteiger partial charge is 0.380 e. The van der Waals surface area contributed by atoms with Gasteiger partial charge in [0.05, 0.1) is 10.6 Å². The van der Waals surface area contributed by atoms with Crippen molar-refractivity contribution in [3.8, 4) is 0 Å². The van der Waals surface area contributed by atoms with E-state index in [0.717, 1.165) is 11.5 Å². The third-order valence-corrected chi connectivity index (χ3v) is 2.36. The number of rotatable bonds is 2. The standard InChI is InChI=1S/C6H6ClF2NOS/c1-3-2-4(12-10-3)5(11)6(7,8)9/h2,5,11H,1H3. The first-order valence-electron chi connectivity index (χ1n) is 3.09. The Morgan fingerprint density at radius 2 is 2.33 bits per heavy atom. The van der Waals surface area contributed by atoms with Crippen molar-refractivity contribution in [1.82, 2.24) is 4.37 Å². The number of nitrogens with zero attached hydrogens (tertiary/aromatic N) is 1. The lowest BCUT2D eigenvalue weighted by molar-refractivity contribution is -0.0406. The van der Waals surface area contributed by atoms with Gasteiger partial charge in [0.25, 0.3) is 0 Å². The zero-order chi connectivity index (χ0) is 9.35. The molecule has 12 heavy (non-hydrogen) atoms. The maximum atomic E-state index is 12.3. The van der Waals surface area contributed by atoms with Gasteiger partial charge in [0, 0.05) is 0 Å². The second kappa shape index (κ2) is 3.24. The number of hydrogen-bond acceptors (Lipinski definition) is 3. The van der Waals surface area contributed by atoms with Crippen LogP contribution < -0.4 is 0 Å². The molecule has 1 atom stereocenters. The predicted molar refractivity (Wildman–Crippen MR) is 42.6 cm³/mol. The zero-order valence-corrected chi connectivity index (χ0v) is 7.66. The Balaban J connectivity index is 2.85. The highest BCUT2D eigenvalue weighted by Crippen LogP contribution is 2.36. The number of aliphatic hydroxyl groups is 1. The van der Waals surface area contributed by atoms with Gasteiger partial charge in [-0.3, -0.25) is 0 Å². The lowest BCUT2D eigenvalue weighted by Crippen LogP contribution is -2.17. The summed E-state index contributed by atoms with van der Waals surface area (Å²) in [6, 6.07) is 1.38. The van der Waals surface area contributed by atoms with Crippen LogP contribution in [0.25, 0.3) is 0 Å². The molecule has 1 aromatic rings. The molecule has 1 unspecified atom stereocenters. The third kappa shape index (κ3) is 2.12. The molecule has 0 saturated carbocycles. The summed E-state index contributed by atoms with van der Waals surface area (Å²) in [7, 11) is 0. The minimum absolute atomic E-state index is 0.0764. The molecule has 0 amide bonds. The Labute approximate surface area is 77.0 Å². The Hall–Kier alpha value is -0.260. The van der Waals surface area contributed by atoms with Crippen LogP contribution in [0.4, 0.5) is 8.78 Å². The normalized spacial score (nSPS) is 14.8. The van der Waals surface area contributed by atoms with E-state index < -0.39 is 11.5 Å². The molecule has 1 aromatic heterocycles. The lowest BCUT2D eigenvalue weighted by atomic mass is 10.3. The Morgan fingerprint density at radius 1 is 1.75 bits per heavy atom. The predicted octanol–water partition coefficient (Wildman–Crippen LogP) is 2.32. The summed E-state index contributed by atoms with van der Waals surface area (Å²) >= 11 is 5.44. The first kappa shape index (κ1) is 9.83. The maximum Gasteiger partial charge on any atom is 0.352 e. The van der Waals surface area contributed by atoms with Gasteiger partial charge in [0.2, 0.25) is 0 Å². The highest BCUT2D eigenvalue weighted by molar-refractivity contribution is 7.05. The van der Waals surface area contributed by atoms with Gasteiger partial charge < -0.3 is 5.11 Å². The summed E-state index contributed by atoms with van der Waals surface area (Å²) in [5.41, 5.74) is 0.593. The van der Waals surface area contributed by atoms with Gasteiger partial charge in [0.1, 0.15) is 0 Å². The number of hydrogen-bond donors (Lipinski definition) is 1. The van der Waals surface area contributed by atoms with Gasteiger partial charge in [-0.2, -0.15) is 13.2 Å². The molecule has 6 heteroatoms. The van der Waals surface area contributed by atoms with Crippen molar-refractivity contribution in [3.05, 3.63) is 16.6 Å². The Morgan fingerprint density at radius 3 is 2.67 bits per heavy atom. The van der Waals surface area contributed by atoms with Crippen LogP contribution >= 0.6 is 23.1 Å². The second-order valence-corrected chi connectivity index (χ2v) is 3.66. The molecule has 0 spiro atoms. The van der Waals surface area contributed by atoms with Crippen LogP contribution in [0.1, 0.15) is 16.7 Å². The monoisotopic (exact) mass is 213 g/mol. The number of aromatic nitrogens is 1. The van der Waals surface area contributed by atoms with Crippen molar-refractivity contribution in [2.75, 3.05) is 0 Å². The molecule has 0 aliphatic heterocycles. The Kier molecular flexibility index (Phi) is 2.65. The summed E-state index contributed by atoms with van der Waals surface area (Å²) in [4.78, 5) is 0.0764. The maximum absolute atomic E-state index is 12.3. The van der Waals surface area contributed by atoms with E-state index >= 15 is 0 Å². The lowest BCUT2D eigenvalue weighted by Gasteiger charge is -2.12. The van der Waals surface area contributed by atoms with E-state index in [9.17, 15) is 8.78 Å². The highest BCUT2D eigenvalue weighted by Gasteiger charge is 2.37. The van der Waals surface area contributed by atoms with Gasteiger partial charge in [-0.25, -0.2) is 0 Å². The average molecular weight is 214 g/mol. The number of alkyl halides is 3. The fourth-order valence-corrected chi connectivity index (χ4v) is 1.63. The van der Waals surface area contributed by atoms with E-state index in [-0.39, 0.29) is 4.88 Å². The fourth-order valence-electron chi connectivity index (χ4n) is 0.673. The molecule has 0 aliphatic carbocycles. The van der Waals surface area contributed by atoms with Crippen LogP contribution in [0.3, 0.4) is 0 Å². The topological polar surface area (TPSA) is 33.1 Å². The fraction of sp³-hybridized carbons (Fsp3) is 0.500. The molecular formula is C6H6ClF2NOS. The highest BCUT2D eigenvalue weighted by atomic mass is 35.5. The minimum atomic E-state index is -3.63. The van der Waals surface area contributed by atoms with Crippen molar-refractivity contribution < 1.29 is 13.9 Å². The Bertz CT molecular complexity index is 273. The summed E-state index contributed by atoms with van der Waals surface area (Å²) < 4.78 is 28.4. The quantitative estimate of drug-likeness (QED) is 0.765. The van der Waals surface area contributed by atoms with Crippen LogP contribution in [-0.2, 0) is 0 Å². The van der Waals surface area contributed by atoms with E-state index in [1.54, 1.807) is 6.92 Å². The number of aryl methyl sites for hydroxylation is 1. The molecular weight excluding hydrogens is 208 g/mol. The van der Waals surface area contributed by atoms with Crippen molar-refractivity contribution in [1.29, 1.82) is 0 Å². The molecule has 1 heterocycles. The van der Waals surface area contributed by atoms with Gasteiger partial charge in [-0.1, -0.05) is 0 Å².